The van der Waals surface area contributed by atoms with E-state index in [1.165, 1.54) is 25.6 Å². The first-order chi connectivity index (χ1) is 12.5. The van der Waals surface area contributed by atoms with E-state index in [9.17, 15) is 29.4 Å². The predicted molar refractivity (Wildman–Crippen MR) is 106 cm³/mol. The van der Waals surface area contributed by atoms with Crippen molar-refractivity contribution in [3.8, 4) is 0 Å². The number of thioether (sulfide) groups is 1. The second-order valence-electron chi connectivity index (χ2n) is 5.94. The van der Waals surface area contributed by atoms with Crippen LogP contribution < -0.4 is 21.7 Å². The molecule has 0 spiro atoms. The van der Waals surface area contributed by atoms with Gasteiger partial charge in [0.25, 0.3) is 0 Å². The van der Waals surface area contributed by atoms with Gasteiger partial charge in [0, 0.05) is 5.75 Å². The Balaban J connectivity index is 5.09. The highest BCUT2D eigenvalue weighted by Crippen LogP contribution is 2.03. The Morgan fingerprint density at radius 1 is 1.04 bits per heavy atom. The summed E-state index contributed by atoms with van der Waals surface area (Å²) in [7, 11) is 0. The van der Waals surface area contributed by atoms with Crippen molar-refractivity contribution in [1.82, 2.24) is 16.0 Å². The van der Waals surface area contributed by atoms with E-state index in [-0.39, 0.29) is 12.2 Å². The van der Waals surface area contributed by atoms with E-state index in [4.69, 9.17) is 5.73 Å². The maximum absolute atomic E-state index is 12.4. The van der Waals surface area contributed by atoms with Crippen LogP contribution in [0.5, 0.6) is 0 Å². The van der Waals surface area contributed by atoms with Crippen molar-refractivity contribution in [2.24, 2.45) is 5.73 Å². The molecular formula is C15H28N4O6S2. The molecule has 5 atom stereocenters. The van der Waals surface area contributed by atoms with Crippen LogP contribution in [-0.2, 0) is 19.2 Å². The summed E-state index contributed by atoms with van der Waals surface area (Å²) in [4.78, 5) is 47.6. The first-order valence-corrected chi connectivity index (χ1v) is 10.2. The molecule has 0 saturated carbocycles. The number of carboxylic acids is 1. The molecule has 12 heteroatoms. The number of amides is 3. The van der Waals surface area contributed by atoms with Crippen LogP contribution in [0.3, 0.4) is 0 Å². The molecule has 0 fully saturated rings. The zero-order valence-electron chi connectivity index (χ0n) is 15.5. The van der Waals surface area contributed by atoms with Crippen molar-refractivity contribution in [2.75, 3.05) is 17.8 Å². The quantitative estimate of drug-likeness (QED) is 0.175. The summed E-state index contributed by atoms with van der Waals surface area (Å²) >= 11 is 5.41. The lowest BCUT2D eigenvalue weighted by Gasteiger charge is -2.25. The fourth-order valence-corrected chi connectivity index (χ4v) is 2.64. The van der Waals surface area contributed by atoms with E-state index >= 15 is 0 Å². The molecule has 0 aromatic heterocycles. The normalized spacial score (nSPS) is 16.4. The summed E-state index contributed by atoms with van der Waals surface area (Å²) in [6.07, 6.45) is 0.689. The maximum Gasteiger partial charge on any atom is 0.326 e. The highest BCUT2D eigenvalue weighted by molar-refractivity contribution is 7.98. The van der Waals surface area contributed by atoms with Gasteiger partial charge in [0.05, 0.1) is 12.1 Å². The van der Waals surface area contributed by atoms with Crippen LogP contribution in [-0.4, -0.2) is 81.9 Å². The topological polar surface area (TPSA) is 171 Å². The van der Waals surface area contributed by atoms with E-state index in [0.717, 1.165) is 0 Å². The molecule has 0 bridgehead atoms. The van der Waals surface area contributed by atoms with Crippen molar-refractivity contribution in [3.63, 3.8) is 0 Å². The Morgan fingerprint density at radius 2 is 1.59 bits per heavy atom. The number of nitrogens with one attached hydrogen (secondary N) is 3. The lowest BCUT2D eigenvalue weighted by molar-refractivity contribution is -0.143. The number of aliphatic hydroxyl groups excluding tert-OH is 1. The van der Waals surface area contributed by atoms with Gasteiger partial charge < -0.3 is 31.9 Å². The van der Waals surface area contributed by atoms with Crippen LogP contribution in [0.25, 0.3) is 0 Å². The number of carboxylic acid groups (broad SMARTS) is 1. The highest BCUT2D eigenvalue weighted by atomic mass is 32.2. The van der Waals surface area contributed by atoms with Gasteiger partial charge in [0.15, 0.2) is 0 Å². The van der Waals surface area contributed by atoms with Crippen molar-refractivity contribution < 1.29 is 29.4 Å². The number of thiol groups is 1. The first kappa shape index (κ1) is 25.5. The summed E-state index contributed by atoms with van der Waals surface area (Å²) in [5, 5.41) is 26.0. The Hall–Kier alpha value is -1.50. The smallest absolute Gasteiger partial charge is 0.326 e. The van der Waals surface area contributed by atoms with E-state index in [0.29, 0.717) is 5.75 Å². The van der Waals surface area contributed by atoms with Gasteiger partial charge in [0.1, 0.15) is 18.1 Å². The Labute approximate surface area is 167 Å². The van der Waals surface area contributed by atoms with E-state index in [2.05, 4.69) is 28.6 Å². The first-order valence-electron chi connectivity index (χ1n) is 8.22. The number of rotatable bonds is 12. The molecule has 10 nitrogen and oxygen atoms in total. The van der Waals surface area contributed by atoms with Gasteiger partial charge >= 0.3 is 5.97 Å². The van der Waals surface area contributed by atoms with Gasteiger partial charge in [-0.2, -0.15) is 24.4 Å². The van der Waals surface area contributed by atoms with Crippen molar-refractivity contribution in [2.45, 2.75) is 50.5 Å². The number of carbonyl (C=O) groups excluding carboxylic acids is 3. The summed E-state index contributed by atoms with van der Waals surface area (Å²) < 4.78 is 0. The number of aliphatic carboxylic acids is 1. The number of hydrogen-bond donors (Lipinski definition) is 7. The third-order valence-corrected chi connectivity index (χ3v) is 4.53. The van der Waals surface area contributed by atoms with Gasteiger partial charge in [-0.05, 0) is 32.3 Å². The SMILES string of the molecule is CSCCC(NC(=O)C(NC(=O)C(CS)NC(=O)C(C)N)C(C)O)C(=O)O. The zero-order valence-corrected chi connectivity index (χ0v) is 17.2. The summed E-state index contributed by atoms with van der Waals surface area (Å²) in [5.41, 5.74) is 5.43. The molecule has 0 aromatic carbocycles. The molecular weight excluding hydrogens is 396 g/mol. The number of nitrogens with two attached hydrogens (primary N) is 1. The third kappa shape index (κ3) is 9.31. The van der Waals surface area contributed by atoms with E-state index in [1.807, 2.05) is 0 Å². The molecule has 7 N–H and O–H groups in total. The molecule has 0 radical (unpaired) electrons. The van der Waals surface area contributed by atoms with Crippen LogP contribution >= 0.6 is 24.4 Å². The van der Waals surface area contributed by atoms with Crippen LogP contribution in [0, 0.1) is 0 Å². The lowest BCUT2D eigenvalue weighted by Crippen LogP contribution is -2.60. The second kappa shape index (κ2) is 12.8. The van der Waals surface area contributed by atoms with Gasteiger partial charge in [-0.1, -0.05) is 0 Å². The average Bonchev–Trinajstić information content (AvgIpc) is 2.59. The van der Waals surface area contributed by atoms with Gasteiger partial charge in [-0.3, -0.25) is 14.4 Å². The fourth-order valence-electron chi connectivity index (χ4n) is 1.91. The number of aliphatic hydroxyl groups is 1. The lowest BCUT2D eigenvalue weighted by atomic mass is 10.1. The Bertz CT molecular complexity index is 532. The number of carbonyl (C=O) groups is 4. The molecule has 0 rings (SSSR count). The van der Waals surface area contributed by atoms with Crippen LogP contribution in [0.15, 0.2) is 0 Å². The van der Waals surface area contributed by atoms with E-state index in [1.54, 1.807) is 6.26 Å². The average molecular weight is 425 g/mol. The second-order valence-corrected chi connectivity index (χ2v) is 7.29. The standard InChI is InChI=1S/C15H28N4O6S2/c1-7(16)12(21)18-10(6-26)13(22)19-11(8(2)20)14(23)17-9(15(24)25)4-5-27-3/h7-11,20,26H,4-6,16H2,1-3H3,(H,17,23)(H,18,21)(H,19,22)(H,24,25). The molecule has 5 unspecified atom stereocenters. The van der Waals surface area contributed by atoms with Gasteiger partial charge in [-0.25, -0.2) is 4.79 Å². The van der Waals surface area contributed by atoms with E-state index < -0.39 is 54.0 Å². The summed E-state index contributed by atoms with van der Waals surface area (Å²) in [5.74, 6) is -2.95. The molecule has 0 aliphatic rings. The molecule has 0 aromatic rings. The number of hydrogen-bond acceptors (Lipinski definition) is 8. The largest absolute Gasteiger partial charge is 0.480 e. The van der Waals surface area contributed by atoms with Crippen LogP contribution in [0.1, 0.15) is 20.3 Å². The molecule has 0 saturated heterocycles. The predicted octanol–water partition coefficient (Wildman–Crippen LogP) is -2.06. The van der Waals surface area contributed by atoms with Gasteiger partial charge in [0.2, 0.25) is 17.7 Å². The maximum atomic E-state index is 12.4. The molecule has 156 valence electrons. The van der Waals surface area contributed by atoms with Crippen molar-refractivity contribution >= 4 is 48.1 Å². The zero-order chi connectivity index (χ0) is 21.1. The Kier molecular flexibility index (Phi) is 12.1. The van der Waals surface area contributed by atoms with Crippen LogP contribution in [0.4, 0.5) is 0 Å². The minimum absolute atomic E-state index is 0.0656. The van der Waals surface area contributed by atoms with Crippen LogP contribution in [0.2, 0.25) is 0 Å². The van der Waals surface area contributed by atoms with Crippen molar-refractivity contribution in [1.29, 1.82) is 0 Å². The minimum atomic E-state index is -1.40. The fraction of sp³-hybridized carbons (Fsp3) is 0.733. The third-order valence-electron chi connectivity index (χ3n) is 3.52. The Morgan fingerprint density at radius 3 is 2.00 bits per heavy atom. The molecule has 0 aliphatic heterocycles. The summed E-state index contributed by atoms with van der Waals surface area (Å²) in [6.45, 7) is 2.72. The molecule has 3 amide bonds. The van der Waals surface area contributed by atoms with Gasteiger partial charge in [-0.15, -0.1) is 0 Å². The summed E-state index contributed by atoms with van der Waals surface area (Å²) in [6, 6.07) is -4.47. The highest BCUT2D eigenvalue weighted by Gasteiger charge is 2.31. The monoisotopic (exact) mass is 424 g/mol. The molecule has 27 heavy (non-hydrogen) atoms. The minimum Gasteiger partial charge on any atom is -0.480 e. The molecule has 0 aliphatic carbocycles. The molecule has 0 heterocycles. The van der Waals surface area contributed by atoms with Crippen molar-refractivity contribution in [3.05, 3.63) is 0 Å².